The molecule has 1 fully saturated rings. The lowest BCUT2D eigenvalue weighted by Crippen LogP contribution is -2.38. The van der Waals surface area contributed by atoms with E-state index >= 15 is 0 Å². The number of aromatic nitrogens is 4. The Morgan fingerprint density at radius 1 is 1.12 bits per heavy atom. The Balaban J connectivity index is 1.43. The predicted octanol–water partition coefficient (Wildman–Crippen LogP) is 3.03. The Kier molecular flexibility index (Phi) is 5.45. The Bertz CT molecular complexity index is 1330. The maximum Gasteiger partial charge on any atom is 0.270 e. The molecule has 3 aromatic heterocycles. The van der Waals surface area contributed by atoms with Crippen molar-refractivity contribution in [3.8, 4) is 33.6 Å². The van der Waals surface area contributed by atoms with Crippen LogP contribution in [0.15, 0.2) is 57.3 Å². The highest BCUT2D eigenvalue weighted by molar-refractivity contribution is 7.92. The van der Waals surface area contributed by atoms with Crippen molar-refractivity contribution in [2.24, 2.45) is 0 Å². The van der Waals surface area contributed by atoms with E-state index in [-0.39, 0.29) is 17.4 Å². The molecule has 4 heterocycles. The molecule has 3 N–H and O–H groups in total. The van der Waals surface area contributed by atoms with Crippen LogP contribution in [0.5, 0.6) is 0 Å². The van der Waals surface area contributed by atoms with Crippen LogP contribution in [0.3, 0.4) is 0 Å². The molecule has 32 heavy (non-hydrogen) atoms. The smallest absolute Gasteiger partial charge is 0.270 e. The summed E-state index contributed by atoms with van der Waals surface area (Å²) < 4.78 is 31.6. The summed E-state index contributed by atoms with van der Waals surface area (Å²) in [5.41, 5.74) is 7.52. The van der Waals surface area contributed by atoms with Gasteiger partial charge in [0.15, 0.2) is 21.3 Å². The van der Waals surface area contributed by atoms with Gasteiger partial charge in [-0.2, -0.15) is 0 Å². The Hall–Kier alpha value is -3.15. The van der Waals surface area contributed by atoms with E-state index in [2.05, 4.69) is 25.5 Å². The van der Waals surface area contributed by atoms with E-state index in [9.17, 15) is 8.42 Å². The minimum absolute atomic E-state index is 0.166. The molecule has 4 aromatic rings. The Morgan fingerprint density at radius 2 is 1.94 bits per heavy atom. The van der Waals surface area contributed by atoms with Gasteiger partial charge in [0.2, 0.25) is 0 Å². The van der Waals surface area contributed by atoms with Gasteiger partial charge in [-0.1, -0.05) is 18.2 Å². The van der Waals surface area contributed by atoms with Crippen molar-refractivity contribution in [1.29, 1.82) is 0 Å². The molecule has 1 aliphatic heterocycles. The molecule has 9 nitrogen and oxygen atoms in total. The average molecular weight is 469 g/mol. The Labute approximate surface area is 188 Å². The minimum Gasteiger partial charge on any atom is -0.414 e. The standard InChI is InChI=1S/C21H20N6O3S2/c22-19-18(21-27-26-20(30-21)17-4-2-10-31-17)25-16(12-24-19)13-5-7-14(8-6-13)32(28,29)15-3-1-9-23-11-15/h2,4-8,10,12,15,23H,1,3,9,11H2,(H2,22,24). The molecule has 1 saturated heterocycles. The summed E-state index contributed by atoms with van der Waals surface area (Å²) in [6.07, 6.45) is 3.06. The third-order valence-electron chi connectivity index (χ3n) is 5.33. The maximum absolute atomic E-state index is 12.9. The van der Waals surface area contributed by atoms with E-state index in [4.69, 9.17) is 10.2 Å². The van der Waals surface area contributed by atoms with Crippen LogP contribution in [-0.2, 0) is 9.84 Å². The molecule has 0 spiro atoms. The minimum atomic E-state index is -3.39. The van der Waals surface area contributed by atoms with Gasteiger partial charge < -0.3 is 15.5 Å². The van der Waals surface area contributed by atoms with Crippen molar-refractivity contribution >= 4 is 27.0 Å². The normalized spacial score (nSPS) is 16.8. The first-order valence-corrected chi connectivity index (χ1v) is 12.5. The van der Waals surface area contributed by atoms with Crippen LogP contribution in [0.4, 0.5) is 5.82 Å². The number of nitrogens with two attached hydrogens (primary N) is 1. The summed E-state index contributed by atoms with van der Waals surface area (Å²) in [4.78, 5) is 9.91. The predicted molar refractivity (Wildman–Crippen MR) is 122 cm³/mol. The van der Waals surface area contributed by atoms with E-state index in [0.717, 1.165) is 17.8 Å². The van der Waals surface area contributed by atoms with E-state index < -0.39 is 15.1 Å². The highest BCUT2D eigenvalue weighted by Gasteiger charge is 2.28. The lowest BCUT2D eigenvalue weighted by atomic mass is 10.1. The van der Waals surface area contributed by atoms with Crippen LogP contribution in [0.25, 0.3) is 33.6 Å². The first-order chi connectivity index (χ1) is 15.5. The molecule has 5 rings (SSSR count). The number of nitrogens with zero attached hydrogens (tertiary/aromatic N) is 4. The summed E-state index contributed by atoms with van der Waals surface area (Å²) in [5.74, 6) is 0.719. The number of piperidine rings is 1. The molecule has 1 aliphatic rings. The number of hydrogen-bond acceptors (Lipinski definition) is 10. The van der Waals surface area contributed by atoms with Gasteiger partial charge in [0.1, 0.15) is 0 Å². The Morgan fingerprint density at radius 3 is 2.66 bits per heavy atom. The second-order valence-electron chi connectivity index (χ2n) is 7.42. The number of nitrogen functional groups attached to an aromatic ring is 1. The van der Waals surface area contributed by atoms with Crippen LogP contribution < -0.4 is 11.1 Å². The SMILES string of the molecule is Nc1ncc(-c2ccc(S(=O)(=O)C3CCCNC3)cc2)nc1-c1nnc(-c2cccs2)o1. The largest absolute Gasteiger partial charge is 0.414 e. The lowest BCUT2D eigenvalue weighted by Gasteiger charge is -2.22. The number of anilines is 1. The molecule has 11 heteroatoms. The number of nitrogens with one attached hydrogen (secondary N) is 1. The first kappa shape index (κ1) is 20.7. The van der Waals surface area contributed by atoms with Crippen molar-refractivity contribution in [3.63, 3.8) is 0 Å². The zero-order valence-corrected chi connectivity index (χ0v) is 18.6. The summed E-state index contributed by atoms with van der Waals surface area (Å²) in [5, 5.41) is 12.8. The molecular weight excluding hydrogens is 448 g/mol. The fourth-order valence-electron chi connectivity index (χ4n) is 3.61. The number of benzene rings is 1. The number of hydrogen-bond donors (Lipinski definition) is 2. The molecule has 0 aliphatic carbocycles. The van der Waals surface area contributed by atoms with E-state index in [0.29, 0.717) is 35.0 Å². The molecular formula is C21H20N6O3S2. The molecule has 164 valence electrons. The van der Waals surface area contributed by atoms with Gasteiger partial charge >= 0.3 is 0 Å². The topological polar surface area (TPSA) is 137 Å². The van der Waals surface area contributed by atoms with Gasteiger partial charge in [-0.05, 0) is 43.0 Å². The van der Waals surface area contributed by atoms with Crippen molar-refractivity contribution < 1.29 is 12.8 Å². The fraction of sp³-hybridized carbons (Fsp3) is 0.238. The fourth-order valence-corrected chi connectivity index (χ4v) is 5.96. The maximum atomic E-state index is 12.9. The van der Waals surface area contributed by atoms with E-state index in [1.54, 1.807) is 24.3 Å². The second kappa shape index (κ2) is 8.41. The lowest BCUT2D eigenvalue weighted by molar-refractivity contribution is 0.497. The molecule has 0 bridgehead atoms. The number of rotatable bonds is 5. The van der Waals surface area contributed by atoms with Crippen molar-refractivity contribution in [3.05, 3.63) is 48.0 Å². The highest BCUT2D eigenvalue weighted by atomic mass is 32.2. The van der Waals surface area contributed by atoms with Gasteiger partial charge in [0.05, 0.1) is 26.9 Å². The summed E-state index contributed by atoms with van der Waals surface area (Å²) in [6.45, 7) is 1.34. The molecule has 0 radical (unpaired) electrons. The zero-order chi connectivity index (χ0) is 22.1. The molecule has 1 aromatic carbocycles. The van der Waals surface area contributed by atoms with Crippen LogP contribution in [0.2, 0.25) is 0 Å². The molecule has 0 saturated carbocycles. The van der Waals surface area contributed by atoms with Gasteiger partial charge in [0.25, 0.3) is 11.8 Å². The van der Waals surface area contributed by atoms with Gasteiger partial charge in [-0.15, -0.1) is 21.5 Å². The quantitative estimate of drug-likeness (QED) is 0.453. The van der Waals surface area contributed by atoms with Crippen molar-refractivity contribution in [2.45, 2.75) is 23.0 Å². The molecule has 1 unspecified atom stereocenters. The van der Waals surface area contributed by atoms with Crippen molar-refractivity contribution in [1.82, 2.24) is 25.5 Å². The summed E-state index contributed by atoms with van der Waals surface area (Å²) >= 11 is 1.49. The molecule has 0 amide bonds. The van der Waals surface area contributed by atoms with Crippen LogP contribution >= 0.6 is 11.3 Å². The third kappa shape index (κ3) is 3.90. The van der Waals surface area contributed by atoms with E-state index in [1.165, 1.54) is 17.5 Å². The first-order valence-electron chi connectivity index (χ1n) is 10.1. The van der Waals surface area contributed by atoms with Crippen LogP contribution in [0, 0.1) is 0 Å². The monoisotopic (exact) mass is 468 g/mol. The second-order valence-corrected chi connectivity index (χ2v) is 10.6. The van der Waals surface area contributed by atoms with Crippen LogP contribution in [-0.4, -0.2) is 46.9 Å². The highest BCUT2D eigenvalue weighted by Crippen LogP contribution is 2.30. The van der Waals surface area contributed by atoms with E-state index in [1.807, 2.05) is 17.5 Å². The third-order valence-corrected chi connectivity index (χ3v) is 8.40. The summed E-state index contributed by atoms with van der Waals surface area (Å²) in [7, 11) is -3.39. The number of sulfone groups is 1. The number of thiophene rings is 1. The summed E-state index contributed by atoms with van der Waals surface area (Å²) in [6, 6.07) is 10.4. The van der Waals surface area contributed by atoms with Gasteiger partial charge in [0, 0.05) is 12.1 Å². The van der Waals surface area contributed by atoms with Gasteiger partial charge in [-0.25, -0.2) is 18.4 Å². The van der Waals surface area contributed by atoms with Gasteiger partial charge in [-0.3, -0.25) is 0 Å². The van der Waals surface area contributed by atoms with Crippen molar-refractivity contribution in [2.75, 3.05) is 18.8 Å². The molecule has 1 atom stereocenters. The average Bonchev–Trinajstić information content (AvgIpc) is 3.52. The zero-order valence-electron chi connectivity index (χ0n) is 16.9. The van der Waals surface area contributed by atoms with Crippen LogP contribution in [0.1, 0.15) is 12.8 Å².